The van der Waals surface area contributed by atoms with Crippen molar-refractivity contribution in [2.45, 2.75) is 52.4 Å². The average molecular weight is 516 g/mol. The Morgan fingerprint density at radius 3 is 2.29 bits per heavy atom. The lowest BCUT2D eigenvalue weighted by Crippen LogP contribution is -2.33. The first kappa shape index (κ1) is 34.3. The van der Waals surface area contributed by atoms with Gasteiger partial charge in [-0.1, -0.05) is 30.2 Å². The molecular weight excluding hydrogens is 475 g/mol. The van der Waals surface area contributed by atoms with E-state index >= 15 is 0 Å². The number of phenolic OH excluding ortho intramolecular Hbond substituents is 1. The van der Waals surface area contributed by atoms with Gasteiger partial charge < -0.3 is 25.2 Å². The standard InChI is InChI=1S/C11H23NO5P.C6H11N3O.C6H6O/c1-6-10(15-5)7-16-18(14)12-9(4)11(13)17-8(2)3;1-8-6(7)3-4-9(2)5-10;7-6-4-2-1-3-5-6/h8-10H,6-7H2,1-5H3,(H,12,14);3-5H,1-2H3,(H2,7,8);1-5,7H/q+1;;/b;4-3-;. The minimum atomic E-state index is -2.10. The van der Waals surface area contributed by atoms with E-state index in [-0.39, 0.29) is 18.8 Å². The molecule has 4 N–H and O–H groups in total. The minimum Gasteiger partial charge on any atom is -0.508 e. The first-order valence-corrected chi connectivity index (χ1v) is 12.1. The van der Waals surface area contributed by atoms with Gasteiger partial charge in [0, 0.05) is 27.4 Å². The molecule has 0 fully saturated rings. The number of rotatable bonds is 12. The molecule has 0 saturated carbocycles. The SMILES string of the molecule is CCC(CO[P+](=O)NC(C)C(=O)OC(C)C)OC.CN=C(N)/C=C\N(C)C=O.Oc1ccccc1. The van der Waals surface area contributed by atoms with Crippen LogP contribution in [0.1, 0.15) is 34.1 Å². The van der Waals surface area contributed by atoms with Crippen molar-refractivity contribution in [3.63, 3.8) is 0 Å². The summed E-state index contributed by atoms with van der Waals surface area (Å²) >= 11 is 0. The van der Waals surface area contributed by atoms with E-state index in [0.717, 1.165) is 6.42 Å². The Bertz CT molecular complexity index is 772. The Hall–Kier alpha value is -2.85. The number of nitrogens with zero attached hydrogens (tertiary/aromatic N) is 2. The lowest BCUT2D eigenvalue weighted by atomic mass is 10.3. The summed E-state index contributed by atoms with van der Waals surface area (Å²) in [6.45, 7) is 7.26. The van der Waals surface area contributed by atoms with E-state index in [1.165, 1.54) is 11.1 Å². The summed E-state index contributed by atoms with van der Waals surface area (Å²) < 4.78 is 26.7. The second-order valence-corrected chi connectivity index (χ2v) is 8.26. The van der Waals surface area contributed by atoms with E-state index in [9.17, 15) is 14.2 Å². The molecule has 3 unspecified atom stereocenters. The summed E-state index contributed by atoms with van der Waals surface area (Å²) in [4.78, 5) is 26.5. The highest BCUT2D eigenvalue weighted by molar-refractivity contribution is 7.36. The van der Waals surface area contributed by atoms with Gasteiger partial charge in [-0.05, 0) is 50.0 Å². The second-order valence-electron chi connectivity index (χ2n) is 7.23. The van der Waals surface area contributed by atoms with Crippen LogP contribution in [0.5, 0.6) is 5.75 Å². The number of esters is 1. The zero-order valence-corrected chi connectivity index (χ0v) is 22.5. The lowest BCUT2D eigenvalue weighted by Gasteiger charge is -2.11. The van der Waals surface area contributed by atoms with Crippen molar-refractivity contribution in [3.05, 3.63) is 42.6 Å². The quantitative estimate of drug-likeness (QED) is 0.125. The van der Waals surface area contributed by atoms with Crippen LogP contribution in [0.25, 0.3) is 0 Å². The fourth-order valence-electron chi connectivity index (χ4n) is 1.82. The Balaban J connectivity index is 0. The van der Waals surface area contributed by atoms with Crippen LogP contribution in [-0.2, 0) is 28.2 Å². The number of amides is 1. The molecule has 1 amide bonds. The summed E-state index contributed by atoms with van der Waals surface area (Å²) in [5.74, 6) is 0.270. The van der Waals surface area contributed by atoms with Crippen molar-refractivity contribution >= 4 is 26.4 Å². The van der Waals surface area contributed by atoms with Crippen LogP contribution < -0.4 is 10.8 Å². The Morgan fingerprint density at radius 1 is 1.29 bits per heavy atom. The largest absolute Gasteiger partial charge is 0.613 e. The van der Waals surface area contributed by atoms with Crippen LogP contribution in [0.2, 0.25) is 0 Å². The maximum Gasteiger partial charge on any atom is 0.613 e. The van der Waals surface area contributed by atoms with Crippen LogP contribution in [0.15, 0.2) is 47.6 Å². The van der Waals surface area contributed by atoms with Gasteiger partial charge in [0.1, 0.15) is 24.2 Å². The van der Waals surface area contributed by atoms with Gasteiger partial charge in [-0.2, -0.15) is 0 Å². The third-order valence-corrected chi connectivity index (χ3v) is 4.81. The van der Waals surface area contributed by atoms with Crippen LogP contribution in [0.3, 0.4) is 0 Å². The highest BCUT2D eigenvalue weighted by atomic mass is 31.1. The van der Waals surface area contributed by atoms with Gasteiger partial charge in [-0.3, -0.25) is 14.6 Å². The number of aromatic hydroxyl groups is 1. The Labute approximate surface area is 209 Å². The van der Waals surface area contributed by atoms with Crippen LogP contribution in [-0.4, -0.2) is 74.3 Å². The van der Waals surface area contributed by atoms with Crippen molar-refractivity contribution in [2.75, 3.05) is 27.8 Å². The number of methoxy groups -OCH3 is 1. The third kappa shape index (κ3) is 21.4. The number of para-hydroxylation sites is 1. The predicted octanol–water partition coefficient (Wildman–Crippen LogP) is 2.98. The number of hydrogen-bond donors (Lipinski definition) is 3. The zero-order valence-electron chi connectivity index (χ0n) is 21.6. The molecule has 1 rings (SSSR count). The molecular formula is C23H40N4O7P+. The summed E-state index contributed by atoms with van der Waals surface area (Å²) in [6, 6.07) is 8.04. The summed E-state index contributed by atoms with van der Waals surface area (Å²) in [5.41, 5.74) is 5.30. The molecule has 0 aliphatic heterocycles. The van der Waals surface area contributed by atoms with E-state index in [2.05, 4.69) is 10.1 Å². The Kier molecular flexibility index (Phi) is 21.2. The number of benzene rings is 1. The second kappa shape index (κ2) is 21.7. The molecule has 0 spiro atoms. The number of nitrogens with one attached hydrogen (secondary N) is 1. The molecule has 3 atom stereocenters. The highest BCUT2D eigenvalue weighted by Crippen LogP contribution is 2.19. The van der Waals surface area contributed by atoms with Gasteiger partial charge in [0.15, 0.2) is 0 Å². The molecule has 0 heterocycles. The van der Waals surface area contributed by atoms with E-state index in [1.807, 2.05) is 13.0 Å². The van der Waals surface area contributed by atoms with Crippen molar-refractivity contribution in [1.29, 1.82) is 0 Å². The molecule has 0 bridgehead atoms. The molecule has 1 aromatic carbocycles. The van der Waals surface area contributed by atoms with Gasteiger partial charge in [-0.15, -0.1) is 4.52 Å². The number of amidine groups is 1. The molecule has 198 valence electrons. The van der Waals surface area contributed by atoms with Gasteiger partial charge in [0.2, 0.25) is 6.41 Å². The van der Waals surface area contributed by atoms with Gasteiger partial charge in [-0.25, -0.2) is 0 Å². The van der Waals surface area contributed by atoms with Crippen molar-refractivity contribution in [1.82, 2.24) is 9.99 Å². The summed E-state index contributed by atoms with van der Waals surface area (Å²) in [7, 11) is 2.67. The van der Waals surface area contributed by atoms with Crippen molar-refractivity contribution in [2.24, 2.45) is 10.7 Å². The lowest BCUT2D eigenvalue weighted by molar-refractivity contribution is -0.149. The van der Waals surface area contributed by atoms with Crippen LogP contribution >= 0.6 is 8.18 Å². The van der Waals surface area contributed by atoms with E-state index < -0.39 is 20.2 Å². The van der Waals surface area contributed by atoms with Crippen LogP contribution in [0.4, 0.5) is 0 Å². The zero-order chi connectivity index (χ0) is 27.2. The first-order valence-electron chi connectivity index (χ1n) is 10.9. The van der Waals surface area contributed by atoms with E-state index in [1.54, 1.807) is 72.3 Å². The molecule has 0 radical (unpaired) electrons. The van der Waals surface area contributed by atoms with Crippen molar-refractivity contribution in [3.8, 4) is 5.75 Å². The molecule has 0 aliphatic rings. The number of carbonyl (C=O) groups is 2. The molecule has 0 saturated heterocycles. The van der Waals surface area contributed by atoms with Crippen molar-refractivity contribution < 1.29 is 33.3 Å². The number of ether oxygens (including phenoxy) is 2. The molecule has 11 nitrogen and oxygen atoms in total. The number of aliphatic imine (C=N–C) groups is 1. The molecule has 35 heavy (non-hydrogen) atoms. The number of nitrogens with two attached hydrogens (primary N) is 1. The maximum absolute atomic E-state index is 11.5. The van der Waals surface area contributed by atoms with Crippen LogP contribution in [0, 0.1) is 0 Å². The molecule has 0 aromatic heterocycles. The number of carbonyl (C=O) groups excluding carboxylic acids is 2. The monoisotopic (exact) mass is 515 g/mol. The Morgan fingerprint density at radius 2 is 1.89 bits per heavy atom. The third-order valence-electron chi connectivity index (χ3n) is 3.83. The fraction of sp³-hybridized carbons (Fsp3) is 0.522. The molecule has 1 aromatic rings. The average Bonchev–Trinajstić information content (AvgIpc) is 2.83. The fourth-order valence-corrected chi connectivity index (χ4v) is 2.62. The first-order chi connectivity index (χ1) is 16.5. The summed E-state index contributed by atoms with van der Waals surface area (Å²) in [5, 5.41) is 11.2. The van der Waals surface area contributed by atoms with Gasteiger partial charge in [0.05, 0.1) is 12.2 Å². The molecule has 0 aliphatic carbocycles. The minimum absolute atomic E-state index is 0.0938. The maximum atomic E-state index is 11.5. The normalized spacial score (nSPS) is 13.0. The predicted molar refractivity (Wildman–Crippen MR) is 137 cm³/mol. The topological polar surface area (TPSA) is 153 Å². The van der Waals surface area contributed by atoms with E-state index in [0.29, 0.717) is 18.0 Å². The van der Waals surface area contributed by atoms with Gasteiger partial charge >= 0.3 is 14.1 Å². The number of phenols is 1. The number of hydrogen-bond acceptors (Lipinski definition) is 8. The smallest absolute Gasteiger partial charge is 0.508 e. The molecule has 12 heteroatoms. The van der Waals surface area contributed by atoms with E-state index in [4.69, 9.17) is 24.8 Å². The highest BCUT2D eigenvalue weighted by Gasteiger charge is 2.28. The summed E-state index contributed by atoms with van der Waals surface area (Å²) in [6.07, 6.45) is 4.25. The van der Waals surface area contributed by atoms with Gasteiger partial charge in [0.25, 0.3) is 0 Å².